The van der Waals surface area contributed by atoms with Crippen LogP contribution in [-0.4, -0.2) is 32.0 Å². The van der Waals surface area contributed by atoms with Crippen LogP contribution >= 0.6 is 11.6 Å². The zero-order chi connectivity index (χ0) is 10.7. The van der Waals surface area contributed by atoms with Crippen molar-refractivity contribution in [3.05, 3.63) is 28.8 Å². The number of carbonyl (C=O) groups is 1. The van der Waals surface area contributed by atoms with Gasteiger partial charge < -0.3 is 9.64 Å². The fourth-order valence-corrected chi connectivity index (χ4v) is 1.32. The van der Waals surface area contributed by atoms with Crippen LogP contribution in [-0.2, 0) is 0 Å². The second kappa shape index (κ2) is 4.33. The van der Waals surface area contributed by atoms with E-state index in [2.05, 4.69) is 0 Å². The third-order valence-electron chi connectivity index (χ3n) is 1.80. The topological polar surface area (TPSA) is 29.5 Å². The molecule has 1 rings (SSSR count). The van der Waals surface area contributed by atoms with E-state index >= 15 is 0 Å². The van der Waals surface area contributed by atoms with E-state index in [0.717, 1.165) is 0 Å². The summed E-state index contributed by atoms with van der Waals surface area (Å²) in [6, 6.07) is 4.97. The summed E-state index contributed by atoms with van der Waals surface area (Å²) in [5.74, 6) is 0.497. The Morgan fingerprint density at radius 1 is 1.43 bits per heavy atom. The summed E-state index contributed by atoms with van der Waals surface area (Å²) in [4.78, 5) is 13.0. The molecule has 0 radical (unpaired) electrons. The molecule has 0 atom stereocenters. The van der Waals surface area contributed by atoms with Gasteiger partial charge in [-0.1, -0.05) is 11.6 Å². The lowest BCUT2D eigenvalue weighted by Gasteiger charge is -2.11. The van der Waals surface area contributed by atoms with Crippen LogP contribution in [0.2, 0.25) is 5.02 Å². The fraction of sp³-hybridized carbons (Fsp3) is 0.300. The van der Waals surface area contributed by atoms with Crippen molar-refractivity contribution < 1.29 is 9.53 Å². The highest BCUT2D eigenvalue weighted by Gasteiger charge is 2.10. The SMILES string of the molecule is COc1ccc(C(=O)N(C)C)cc1Cl. The van der Waals surface area contributed by atoms with Gasteiger partial charge in [0, 0.05) is 19.7 Å². The summed E-state index contributed by atoms with van der Waals surface area (Å²) < 4.78 is 4.98. The van der Waals surface area contributed by atoms with Crippen LogP contribution in [0.15, 0.2) is 18.2 Å². The maximum Gasteiger partial charge on any atom is 0.253 e. The summed E-state index contributed by atoms with van der Waals surface area (Å²) in [7, 11) is 4.93. The van der Waals surface area contributed by atoms with Crippen molar-refractivity contribution in [3.8, 4) is 5.75 Å². The minimum atomic E-state index is -0.0745. The standard InChI is InChI=1S/C10H12ClNO2/c1-12(2)10(13)7-4-5-9(14-3)8(11)6-7/h4-6H,1-3H3. The smallest absolute Gasteiger partial charge is 0.253 e. The molecule has 4 heteroatoms. The van der Waals surface area contributed by atoms with E-state index in [4.69, 9.17) is 16.3 Å². The second-order valence-corrected chi connectivity index (χ2v) is 3.46. The molecule has 0 N–H and O–H groups in total. The summed E-state index contributed by atoms with van der Waals surface area (Å²) in [6.07, 6.45) is 0. The lowest BCUT2D eigenvalue weighted by atomic mass is 10.2. The Balaban J connectivity index is 3.03. The average molecular weight is 214 g/mol. The molecule has 0 unspecified atom stereocenters. The number of hydrogen-bond acceptors (Lipinski definition) is 2. The molecular weight excluding hydrogens is 202 g/mol. The van der Waals surface area contributed by atoms with Crippen molar-refractivity contribution >= 4 is 17.5 Å². The predicted molar refractivity (Wildman–Crippen MR) is 56.0 cm³/mol. The summed E-state index contributed by atoms with van der Waals surface area (Å²) >= 11 is 5.88. The van der Waals surface area contributed by atoms with Gasteiger partial charge in [0.05, 0.1) is 12.1 Å². The number of carbonyl (C=O) groups excluding carboxylic acids is 1. The normalized spacial score (nSPS) is 9.71. The van der Waals surface area contributed by atoms with E-state index in [1.807, 2.05) is 0 Å². The van der Waals surface area contributed by atoms with E-state index in [0.29, 0.717) is 16.3 Å². The highest BCUT2D eigenvalue weighted by atomic mass is 35.5. The van der Waals surface area contributed by atoms with E-state index in [1.165, 1.54) is 12.0 Å². The van der Waals surface area contributed by atoms with Gasteiger partial charge >= 0.3 is 0 Å². The van der Waals surface area contributed by atoms with Gasteiger partial charge in [0.1, 0.15) is 5.75 Å². The van der Waals surface area contributed by atoms with Crippen LogP contribution in [0.4, 0.5) is 0 Å². The third-order valence-corrected chi connectivity index (χ3v) is 2.10. The van der Waals surface area contributed by atoms with E-state index < -0.39 is 0 Å². The zero-order valence-corrected chi connectivity index (χ0v) is 9.13. The summed E-state index contributed by atoms with van der Waals surface area (Å²) in [6.45, 7) is 0. The number of methoxy groups -OCH3 is 1. The van der Waals surface area contributed by atoms with Crippen molar-refractivity contribution in [1.82, 2.24) is 4.90 Å². The Morgan fingerprint density at radius 2 is 2.07 bits per heavy atom. The first kappa shape index (κ1) is 10.9. The van der Waals surface area contributed by atoms with Gasteiger partial charge in [0.2, 0.25) is 0 Å². The Labute approximate surface area is 88.2 Å². The second-order valence-electron chi connectivity index (χ2n) is 3.05. The van der Waals surface area contributed by atoms with Gasteiger partial charge in [0.15, 0.2) is 0 Å². The van der Waals surface area contributed by atoms with Gasteiger partial charge in [-0.25, -0.2) is 0 Å². The van der Waals surface area contributed by atoms with Crippen molar-refractivity contribution in [1.29, 1.82) is 0 Å². The largest absolute Gasteiger partial charge is 0.495 e. The molecule has 76 valence electrons. The van der Waals surface area contributed by atoms with Crippen molar-refractivity contribution in [2.75, 3.05) is 21.2 Å². The molecule has 0 aliphatic rings. The minimum absolute atomic E-state index is 0.0745. The van der Waals surface area contributed by atoms with Crippen LogP contribution in [0.5, 0.6) is 5.75 Å². The van der Waals surface area contributed by atoms with E-state index in [9.17, 15) is 4.79 Å². The lowest BCUT2D eigenvalue weighted by molar-refractivity contribution is 0.0827. The zero-order valence-electron chi connectivity index (χ0n) is 8.37. The van der Waals surface area contributed by atoms with Gasteiger partial charge in [0.25, 0.3) is 5.91 Å². The van der Waals surface area contributed by atoms with E-state index in [1.54, 1.807) is 32.3 Å². The molecule has 0 aromatic heterocycles. The monoisotopic (exact) mass is 213 g/mol. The highest BCUT2D eigenvalue weighted by molar-refractivity contribution is 6.32. The van der Waals surface area contributed by atoms with E-state index in [-0.39, 0.29) is 5.91 Å². The number of amides is 1. The molecule has 0 heterocycles. The minimum Gasteiger partial charge on any atom is -0.495 e. The predicted octanol–water partition coefficient (Wildman–Crippen LogP) is 2.05. The molecule has 1 aromatic carbocycles. The maximum absolute atomic E-state index is 11.5. The lowest BCUT2D eigenvalue weighted by Crippen LogP contribution is -2.21. The molecule has 0 aliphatic carbocycles. The summed E-state index contributed by atoms with van der Waals surface area (Å²) in [5.41, 5.74) is 0.556. The number of ether oxygens (including phenoxy) is 1. The average Bonchev–Trinajstić information content (AvgIpc) is 2.16. The van der Waals surface area contributed by atoms with Crippen LogP contribution < -0.4 is 4.74 Å². The molecule has 3 nitrogen and oxygen atoms in total. The number of nitrogens with zero attached hydrogens (tertiary/aromatic N) is 1. The van der Waals surface area contributed by atoms with Gasteiger partial charge in [-0.3, -0.25) is 4.79 Å². The van der Waals surface area contributed by atoms with Crippen LogP contribution in [0.25, 0.3) is 0 Å². The number of halogens is 1. The molecule has 0 bridgehead atoms. The number of hydrogen-bond donors (Lipinski definition) is 0. The van der Waals surface area contributed by atoms with Crippen molar-refractivity contribution in [2.45, 2.75) is 0 Å². The highest BCUT2D eigenvalue weighted by Crippen LogP contribution is 2.25. The Kier molecular flexibility index (Phi) is 3.36. The van der Waals surface area contributed by atoms with Crippen LogP contribution in [0.3, 0.4) is 0 Å². The first-order valence-electron chi connectivity index (χ1n) is 4.11. The van der Waals surface area contributed by atoms with Crippen LogP contribution in [0.1, 0.15) is 10.4 Å². The molecule has 1 amide bonds. The van der Waals surface area contributed by atoms with Gasteiger partial charge in [-0.2, -0.15) is 0 Å². The third kappa shape index (κ3) is 2.17. The van der Waals surface area contributed by atoms with Crippen molar-refractivity contribution in [2.24, 2.45) is 0 Å². The summed E-state index contributed by atoms with van der Waals surface area (Å²) in [5, 5.41) is 0.445. The Bertz CT molecular complexity index is 350. The molecule has 0 saturated heterocycles. The quantitative estimate of drug-likeness (QED) is 0.753. The molecule has 0 spiro atoms. The first-order valence-corrected chi connectivity index (χ1v) is 4.49. The fourth-order valence-electron chi connectivity index (χ4n) is 1.06. The number of rotatable bonds is 2. The molecular formula is C10H12ClNO2. The molecule has 1 aromatic rings. The molecule has 0 fully saturated rings. The van der Waals surface area contributed by atoms with Gasteiger partial charge in [-0.15, -0.1) is 0 Å². The van der Waals surface area contributed by atoms with Crippen molar-refractivity contribution in [3.63, 3.8) is 0 Å². The number of benzene rings is 1. The Morgan fingerprint density at radius 3 is 2.50 bits per heavy atom. The molecule has 14 heavy (non-hydrogen) atoms. The molecule has 0 saturated carbocycles. The Hall–Kier alpha value is -1.22. The van der Waals surface area contributed by atoms with Crippen LogP contribution in [0, 0.1) is 0 Å². The first-order chi connectivity index (χ1) is 6.56. The maximum atomic E-state index is 11.5. The van der Waals surface area contributed by atoms with Gasteiger partial charge in [-0.05, 0) is 18.2 Å². The molecule has 0 aliphatic heterocycles.